The number of aliphatic imine (C=N–C) groups is 2. The van der Waals surface area contributed by atoms with Gasteiger partial charge in [0.25, 0.3) is 0 Å². The van der Waals surface area contributed by atoms with E-state index in [9.17, 15) is 10.2 Å². The predicted octanol–water partition coefficient (Wildman–Crippen LogP) is 3.04. The van der Waals surface area contributed by atoms with Crippen LogP contribution in [0, 0.1) is 0 Å². The molecule has 1 atom stereocenters. The summed E-state index contributed by atoms with van der Waals surface area (Å²) in [6, 6.07) is 10.00. The first-order valence-corrected chi connectivity index (χ1v) is 7.80. The molecule has 2 aromatic rings. The van der Waals surface area contributed by atoms with Crippen molar-refractivity contribution in [3.05, 3.63) is 47.5 Å². The van der Waals surface area contributed by atoms with E-state index < -0.39 is 0 Å². The third-order valence-electron chi connectivity index (χ3n) is 3.54. The summed E-state index contributed by atoms with van der Waals surface area (Å²) < 4.78 is 10.1. The van der Waals surface area contributed by atoms with Crippen LogP contribution >= 0.6 is 0 Å². The minimum absolute atomic E-state index is 0.0712. The van der Waals surface area contributed by atoms with E-state index in [1.165, 1.54) is 12.1 Å². The number of phenols is 2. The molecule has 0 radical (unpaired) electrons. The summed E-state index contributed by atoms with van der Waals surface area (Å²) in [4.78, 5) is 8.67. The molecule has 2 aromatic carbocycles. The van der Waals surface area contributed by atoms with Gasteiger partial charge in [-0.25, -0.2) is 0 Å². The van der Waals surface area contributed by atoms with Crippen molar-refractivity contribution in [3.8, 4) is 23.0 Å². The molecule has 132 valence electrons. The molecule has 0 amide bonds. The molecule has 0 aliphatic heterocycles. The topological polar surface area (TPSA) is 83.6 Å². The molecule has 0 saturated carbocycles. The highest BCUT2D eigenvalue weighted by molar-refractivity contribution is 5.84. The van der Waals surface area contributed by atoms with E-state index in [2.05, 4.69) is 9.98 Å². The van der Waals surface area contributed by atoms with Gasteiger partial charge in [-0.1, -0.05) is 0 Å². The fraction of sp³-hybridized carbons (Fsp3) is 0.263. The summed E-state index contributed by atoms with van der Waals surface area (Å²) in [6.45, 7) is 2.38. The number of hydrogen-bond donors (Lipinski definition) is 2. The van der Waals surface area contributed by atoms with Crippen molar-refractivity contribution in [2.24, 2.45) is 9.98 Å². The number of phenolic OH excluding ortho intramolecular Hbond substituents is 2. The fourth-order valence-electron chi connectivity index (χ4n) is 2.08. The van der Waals surface area contributed by atoms with Crippen LogP contribution in [-0.2, 0) is 0 Å². The molecular weight excluding hydrogens is 320 g/mol. The van der Waals surface area contributed by atoms with Crippen molar-refractivity contribution in [1.82, 2.24) is 0 Å². The average Bonchev–Trinajstić information content (AvgIpc) is 2.61. The molecule has 0 spiro atoms. The monoisotopic (exact) mass is 342 g/mol. The van der Waals surface area contributed by atoms with Crippen LogP contribution in [0.3, 0.4) is 0 Å². The van der Waals surface area contributed by atoms with Crippen molar-refractivity contribution in [2.45, 2.75) is 13.0 Å². The van der Waals surface area contributed by atoms with Gasteiger partial charge in [-0.05, 0) is 31.2 Å². The number of rotatable bonds is 7. The van der Waals surface area contributed by atoms with Gasteiger partial charge < -0.3 is 19.7 Å². The van der Waals surface area contributed by atoms with Crippen molar-refractivity contribution < 1.29 is 19.7 Å². The van der Waals surface area contributed by atoms with Crippen molar-refractivity contribution in [1.29, 1.82) is 0 Å². The quantitative estimate of drug-likeness (QED) is 0.758. The lowest BCUT2D eigenvalue weighted by molar-refractivity contribution is 0.407. The summed E-state index contributed by atoms with van der Waals surface area (Å²) in [5.41, 5.74) is 1.23. The Bertz CT molecular complexity index is 772. The zero-order valence-electron chi connectivity index (χ0n) is 14.5. The van der Waals surface area contributed by atoms with Crippen molar-refractivity contribution in [3.63, 3.8) is 0 Å². The van der Waals surface area contributed by atoms with E-state index in [-0.39, 0.29) is 17.5 Å². The summed E-state index contributed by atoms with van der Waals surface area (Å²) in [7, 11) is 3.09. The number of aromatic hydroxyl groups is 2. The Morgan fingerprint density at radius 1 is 0.920 bits per heavy atom. The first kappa shape index (κ1) is 18.3. The van der Waals surface area contributed by atoms with Gasteiger partial charge in [-0.15, -0.1) is 0 Å². The second-order valence-corrected chi connectivity index (χ2v) is 5.47. The third-order valence-corrected chi connectivity index (χ3v) is 3.54. The molecule has 0 bridgehead atoms. The van der Waals surface area contributed by atoms with Crippen LogP contribution in [0.15, 0.2) is 46.4 Å². The van der Waals surface area contributed by atoms with Gasteiger partial charge in [0.15, 0.2) is 0 Å². The Kier molecular flexibility index (Phi) is 6.39. The standard InChI is InChI=1S/C19H22N2O4/c1-13(21-12-15-5-7-17(25-3)9-19(15)23)10-20-11-14-4-6-16(24-2)8-18(14)22/h4-9,11-13,22-23H,10H2,1-3H3/t13-/m0/s1. The van der Waals surface area contributed by atoms with Gasteiger partial charge in [-0.2, -0.15) is 0 Å². The van der Waals surface area contributed by atoms with Crippen LogP contribution in [-0.4, -0.2) is 49.4 Å². The minimum Gasteiger partial charge on any atom is -0.507 e. The fourth-order valence-corrected chi connectivity index (χ4v) is 2.08. The van der Waals surface area contributed by atoms with Crippen LogP contribution in [0.2, 0.25) is 0 Å². The van der Waals surface area contributed by atoms with E-state index in [0.717, 1.165) is 0 Å². The average molecular weight is 342 g/mol. The second-order valence-electron chi connectivity index (χ2n) is 5.47. The Hall–Kier alpha value is -3.02. The lowest BCUT2D eigenvalue weighted by Crippen LogP contribution is -2.04. The molecule has 0 aliphatic rings. The molecule has 25 heavy (non-hydrogen) atoms. The molecule has 2 N–H and O–H groups in total. The summed E-state index contributed by atoms with van der Waals surface area (Å²) in [5.74, 6) is 1.41. The molecule has 6 heteroatoms. The lowest BCUT2D eigenvalue weighted by Gasteiger charge is -2.05. The van der Waals surface area contributed by atoms with E-state index in [1.807, 2.05) is 6.92 Å². The molecular formula is C19H22N2O4. The van der Waals surface area contributed by atoms with Gasteiger partial charge in [0.2, 0.25) is 0 Å². The van der Waals surface area contributed by atoms with Gasteiger partial charge in [-0.3, -0.25) is 9.98 Å². The van der Waals surface area contributed by atoms with Gasteiger partial charge in [0.1, 0.15) is 23.0 Å². The number of ether oxygens (including phenoxy) is 2. The molecule has 0 fully saturated rings. The highest BCUT2D eigenvalue weighted by atomic mass is 16.5. The lowest BCUT2D eigenvalue weighted by atomic mass is 10.2. The molecule has 0 saturated heterocycles. The van der Waals surface area contributed by atoms with Gasteiger partial charge >= 0.3 is 0 Å². The summed E-state index contributed by atoms with van der Waals surface area (Å²) in [5, 5.41) is 19.8. The van der Waals surface area contributed by atoms with Crippen LogP contribution in [0.5, 0.6) is 23.0 Å². The molecule has 2 rings (SSSR count). The minimum atomic E-state index is -0.0712. The maximum absolute atomic E-state index is 9.89. The van der Waals surface area contributed by atoms with E-state index in [1.54, 1.807) is 50.9 Å². The number of methoxy groups -OCH3 is 2. The van der Waals surface area contributed by atoms with E-state index in [0.29, 0.717) is 29.2 Å². The smallest absolute Gasteiger partial charge is 0.128 e. The SMILES string of the molecule is COc1ccc(C=NC[C@H](C)N=Cc2ccc(OC)cc2O)c(O)c1. The predicted molar refractivity (Wildman–Crippen MR) is 98.8 cm³/mol. The number of nitrogens with zero attached hydrogens (tertiary/aromatic N) is 2. The first-order chi connectivity index (χ1) is 12.0. The van der Waals surface area contributed by atoms with Gasteiger partial charge in [0.05, 0.1) is 26.8 Å². The van der Waals surface area contributed by atoms with Crippen LogP contribution < -0.4 is 9.47 Å². The van der Waals surface area contributed by atoms with Crippen LogP contribution in [0.1, 0.15) is 18.1 Å². The van der Waals surface area contributed by atoms with Crippen molar-refractivity contribution >= 4 is 12.4 Å². The highest BCUT2D eigenvalue weighted by Crippen LogP contribution is 2.22. The summed E-state index contributed by atoms with van der Waals surface area (Å²) >= 11 is 0. The Labute approximate surface area is 147 Å². The van der Waals surface area contributed by atoms with E-state index in [4.69, 9.17) is 9.47 Å². The summed E-state index contributed by atoms with van der Waals surface area (Å²) in [6.07, 6.45) is 3.21. The zero-order valence-corrected chi connectivity index (χ0v) is 14.5. The molecule has 0 heterocycles. The molecule has 6 nitrogen and oxygen atoms in total. The molecule has 0 aliphatic carbocycles. The van der Waals surface area contributed by atoms with E-state index >= 15 is 0 Å². The third kappa shape index (κ3) is 5.24. The molecule has 0 aromatic heterocycles. The number of hydrogen-bond acceptors (Lipinski definition) is 6. The Morgan fingerprint density at radius 3 is 1.92 bits per heavy atom. The maximum atomic E-state index is 9.89. The zero-order chi connectivity index (χ0) is 18.2. The second kappa shape index (κ2) is 8.73. The van der Waals surface area contributed by atoms with Crippen LogP contribution in [0.25, 0.3) is 0 Å². The highest BCUT2D eigenvalue weighted by Gasteiger charge is 2.03. The Balaban J connectivity index is 1.95. The molecule has 0 unspecified atom stereocenters. The van der Waals surface area contributed by atoms with Gasteiger partial charge in [0, 0.05) is 35.7 Å². The maximum Gasteiger partial charge on any atom is 0.128 e. The van der Waals surface area contributed by atoms with Crippen molar-refractivity contribution in [2.75, 3.05) is 20.8 Å². The largest absolute Gasteiger partial charge is 0.507 e. The number of benzene rings is 2. The Morgan fingerprint density at radius 2 is 1.44 bits per heavy atom. The normalized spacial score (nSPS) is 12.6. The van der Waals surface area contributed by atoms with Crippen LogP contribution in [0.4, 0.5) is 0 Å². The first-order valence-electron chi connectivity index (χ1n) is 7.80.